The van der Waals surface area contributed by atoms with Crippen LogP contribution in [0.4, 0.5) is 5.69 Å². The molecule has 0 saturated carbocycles. The number of ether oxygens (including phenoxy) is 1. The van der Waals surface area contributed by atoms with Crippen molar-refractivity contribution in [2.75, 3.05) is 13.2 Å². The molecule has 0 fully saturated rings. The fraction of sp³-hybridized carbons (Fsp3) is 0.429. The lowest BCUT2D eigenvalue weighted by molar-refractivity contribution is -0.385. The van der Waals surface area contributed by atoms with Crippen LogP contribution in [0.3, 0.4) is 0 Å². The molecule has 104 valence electrons. The van der Waals surface area contributed by atoms with Gasteiger partial charge in [-0.15, -0.1) is 0 Å². The van der Waals surface area contributed by atoms with E-state index < -0.39 is 4.92 Å². The quantitative estimate of drug-likeness (QED) is 0.445. The topological polar surface area (TPSA) is 64.4 Å². The van der Waals surface area contributed by atoms with Gasteiger partial charge in [-0.05, 0) is 24.1 Å². The van der Waals surface area contributed by atoms with Crippen LogP contribution in [0.1, 0.15) is 19.4 Å². The van der Waals surface area contributed by atoms with Crippen molar-refractivity contribution in [1.29, 1.82) is 0 Å². The predicted octanol–water partition coefficient (Wildman–Crippen LogP) is 2.91. The first kappa shape index (κ1) is 15.2. The van der Waals surface area contributed by atoms with Crippen molar-refractivity contribution in [1.82, 2.24) is 5.32 Å². The van der Waals surface area contributed by atoms with Crippen molar-refractivity contribution < 1.29 is 9.66 Å². The largest absolute Gasteiger partial charge is 0.483 e. The zero-order chi connectivity index (χ0) is 14.3. The van der Waals surface area contributed by atoms with E-state index in [1.165, 1.54) is 0 Å². The highest BCUT2D eigenvalue weighted by Crippen LogP contribution is 2.27. The summed E-state index contributed by atoms with van der Waals surface area (Å²) in [5.74, 6) is 0.822. The van der Waals surface area contributed by atoms with Crippen LogP contribution < -0.4 is 10.1 Å². The highest BCUT2D eigenvalue weighted by molar-refractivity contribution is 5.48. The van der Waals surface area contributed by atoms with Crippen LogP contribution >= 0.6 is 0 Å². The Morgan fingerprint density at radius 3 is 2.84 bits per heavy atom. The van der Waals surface area contributed by atoms with Crippen LogP contribution in [0.5, 0.6) is 5.75 Å². The highest BCUT2D eigenvalue weighted by atomic mass is 16.6. The van der Waals surface area contributed by atoms with Gasteiger partial charge in [0.05, 0.1) is 4.92 Å². The van der Waals surface area contributed by atoms with Crippen molar-refractivity contribution >= 4 is 5.69 Å². The van der Waals surface area contributed by atoms with Crippen molar-refractivity contribution in [3.05, 3.63) is 46.5 Å². The van der Waals surface area contributed by atoms with E-state index in [2.05, 4.69) is 25.7 Å². The van der Waals surface area contributed by atoms with Crippen molar-refractivity contribution in [2.24, 2.45) is 5.92 Å². The van der Waals surface area contributed by atoms with Gasteiger partial charge in [0.15, 0.2) is 5.75 Å². The zero-order valence-electron chi connectivity index (χ0n) is 11.4. The second-order valence-electron chi connectivity index (χ2n) is 4.68. The average Bonchev–Trinajstić information content (AvgIpc) is 2.36. The van der Waals surface area contributed by atoms with Crippen LogP contribution in [-0.2, 0) is 6.54 Å². The van der Waals surface area contributed by atoms with Gasteiger partial charge in [0.2, 0.25) is 0 Å². The van der Waals surface area contributed by atoms with Gasteiger partial charge in [0.1, 0.15) is 6.61 Å². The molecule has 5 heteroatoms. The van der Waals surface area contributed by atoms with Crippen LogP contribution in [0.25, 0.3) is 0 Å². The second-order valence-corrected chi connectivity index (χ2v) is 4.68. The van der Waals surface area contributed by atoms with Crippen molar-refractivity contribution in [3.63, 3.8) is 0 Å². The maximum Gasteiger partial charge on any atom is 0.311 e. The fourth-order valence-electron chi connectivity index (χ4n) is 1.59. The summed E-state index contributed by atoms with van der Waals surface area (Å²) in [5, 5.41) is 14.2. The lowest BCUT2D eigenvalue weighted by atomic mass is 10.1. The number of nitro benzene ring substituents is 1. The summed E-state index contributed by atoms with van der Waals surface area (Å²) >= 11 is 0. The van der Waals surface area contributed by atoms with Gasteiger partial charge in [-0.25, -0.2) is 0 Å². The molecule has 5 nitrogen and oxygen atoms in total. The van der Waals surface area contributed by atoms with E-state index in [9.17, 15) is 10.1 Å². The Balaban J connectivity index is 2.77. The Labute approximate surface area is 113 Å². The summed E-state index contributed by atoms with van der Waals surface area (Å²) < 4.78 is 5.27. The van der Waals surface area contributed by atoms with E-state index >= 15 is 0 Å². The number of rotatable bonds is 8. The van der Waals surface area contributed by atoms with E-state index in [4.69, 9.17) is 4.74 Å². The minimum atomic E-state index is -0.426. The van der Waals surface area contributed by atoms with Gasteiger partial charge in [0.25, 0.3) is 0 Å². The molecule has 0 unspecified atom stereocenters. The van der Waals surface area contributed by atoms with E-state index in [1.54, 1.807) is 18.2 Å². The Bertz CT molecular complexity index is 444. The lowest BCUT2D eigenvalue weighted by Crippen LogP contribution is -2.19. The average molecular weight is 264 g/mol. The number of nitrogens with one attached hydrogen (secondary N) is 1. The zero-order valence-corrected chi connectivity index (χ0v) is 11.4. The molecule has 0 radical (unpaired) electrons. The third kappa shape index (κ3) is 5.09. The van der Waals surface area contributed by atoms with Gasteiger partial charge < -0.3 is 10.1 Å². The maximum absolute atomic E-state index is 11.0. The molecule has 0 aliphatic carbocycles. The summed E-state index contributed by atoms with van der Waals surface area (Å²) in [5.41, 5.74) is 0.865. The number of hydrogen-bond acceptors (Lipinski definition) is 4. The number of benzene rings is 1. The monoisotopic (exact) mass is 264 g/mol. The maximum atomic E-state index is 11.0. The van der Waals surface area contributed by atoms with E-state index in [1.807, 2.05) is 6.07 Å². The van der Waals surface area contributed by atoms with E-state index in [0.717, 1.165) is 12.1 Å². The minimum absolute atomic E-state index is 0.00861. The number of hydrogen-bond donors (Lipinski definition) is 1. The third-order valence-electron chi connectivity index (χ3n) is 2.46. The standard InChI is InChI=1S/C14H20N2O3/c1-4-7-19-14-6-5-12(8-13(14)16(17)18)10-15-9-11(2)3/h4-6,8,11,15H,1,7,9-10H2,2-3H3. The van der Waals surface area contributed by atoms with Gasteiger partial charge in [-0.3, -0.25) is 10.1 Å². The molecule has 1 rings (SSSR count). The SMILES string of the molecule is C=CCOc1ccc(CNCC(C)C)cc1[N+](=O)[O-]. The molecule has 0 bridgehead atoms. The van der Waals surface area contributed by atoms with Crippen LogP contribution in [0.15, 0.2) is 30.9 Å². The molecule has 0 aliphatic rings. The smallest absolute Gasteiger partial charge is 0.311 e. The van der Waals surface area contributed by atoms with Crippen LogP contribution in [-0.4, -0.2) is 18.1 Å². The third-order valence-corrected chi connectivity index (χ3v) is 2.46. The molecule has 0 saturated heterocycles. The Kier molecular flexibility index (Phi) is 6.02. The predicted molar refractivity (Wildman–Crippen MR) is 75.3 cm³/mol. The van der Waals surface area contributed by atoms with E-state index in [0.29, 0.717) is 12.5 Å². The molecule has 0 aliphatic heterocycles. The molecule has 0 atom stereocenters. The molecule has 1 N–H and O–H groups in total. The number of nitrogens with zero attached hydrogens (tertiary/aromatic N) is 1. The lowest BCUT2D eigenvalue weighted by Gasteiger charge is -2.09. The Hall–Kier alpha value is -1.88. The molecule has 0 amide bonds. The Morgan fingerprint density at radius 2 is 2.26 bits per heavy atom. The molecule has 1 aromatic carbocycles. The second kappa shape index (κ2) is 7.53. The van der Waals surface area contributed by atoms with Gasteiger partial charge in [0, 0.05) is 12.6 Å². The summed E-state index contributed by atoms with van der Waals surface area (Å²) in [7, 11) is 0. The molecule has 19 heavy (non-hydrogen) atoms. The Morgan fingerprint density at radius 1 is 1.53 bits per heavy atom. The highest BCUT2D eigenvalue weighted by Gasteiger charge is 2.15. The first-order valence-electron chi connectivity index (χ1n) is 6.26. The van der Waals surface area contributed by atoms with Gasteiger partial charge >= 0.3 is 5.69 Å². The summed E-state index contributed by atoms with van der Waals surface area (Å²) in [6.45, 7) is 9.49. The first-order valence-corrected chi connectivity index (χ1v) is 6.26. The van der Waals surface area contributed by atoms with Gasteiger partial charge in [-0.1, -0.05) is 32.6 Å². The molecule has 1 aromatic rings. The first-order chi connectivity index (χ1) is 9.04. The summed E-state index contributed by atoms with van der Waals surface area (Å²) in [4.78, 5) is 10.6. The number of nitro groups is 1. The van der Waals surface area contributed by atoms with Gasteiger partial charge in [-0.2, -0.15) is 0 Å². The van der Waals surface area contributed by atoms with Crippen LogP contribution in [0.2, 0.25) is 0 Å². The normalized spacial score (nSPS) is 10.5. The van der Waals surface area contributed by atoms with E-state index in [-0.39, 0.29) is 18.0 Å². The summed E-state index contributed by atoms with van der Waals surface area (Å²) in [6.07, 6.45) is 1.56. The van der Waals surface area contributed by atoms with Crippen LogP contribution in [0, 0.1) is 16.0 Å². The van der Waals surface area contributed by atoms with Crippen molar-refractivity contribution in [3.8, 4) is 5.75 Å². The summed E-state index contributed by atoms with van der Waals surface area (Å²) in [6, 6.07) is 5.01. The molecule has 0 heterocycles. The minimum Gasteiger partial charge on any atom is -0.483 e. The molecular weight excluding hydrogens is 244 g/mol. The molecule has 0 aromatic heterocycles. The molecule has 0 spiro atoms. The van der Waals surface area contributed by atoms with Crippen molar-refractivity contribution in [2.45, 2.75) is 20.4 Å². The fourth-order valence-corrected chi connectivity index (χ4v) is 1.59. The molecular formula is C14H20N2O3.